The van der Waals surface area contributed by atoms with Gasteiger partial charge < -0.3 is 5.32 Å². The fourth-order valence-corrected chi connectivity index (χ4v) is 2.53. The first-order chi connectivity index (χ1) is 9.06. The van der Waals surface area contributed by atoms with E-state index in [9.17, 15) is 9.18 Å². The van der Waals surface area contributed by atoms with Crippen molar-refractivity contribution in [2.75, 3.05) is 18.4 Å². The van der Waals surface area contributed by atoms with Crippen molar-refractivity contribution in [3.8, 4) is 0 Å². The average molecular weight is 285 g/mol. The number of piperidine rings is 1. The van der Waals surface area contributed by atoms with E-state index in [1.165, 1.54) is 24.6 Å². The van der Waals surface area contributed by atoms with Gasteiger partial charge in [0.1, 0.15) is 5.82 Å². The van der Waals surface area contributed by atoms with E-state index < -0.39 is 5.82 Å². The lowest BCUT2D eigenvalue weighted by Crippen LogP contribution is -2.42. The average Bonchev–Trinajstić information content (AvgIpc) is 2.37. The van der Waals surface area contributed by atoms with Crippen LogP contribution in [0.3, 0.4) is 0 Å². The van der Waals surface area contributed by atoms with E-state index in [0.29, 0.717) is 17.6 Å². The third-order valence-corrected chi connectivity index (χ3v) is 3.72. The Kier molecular flexibility index (Phi) is 4.77. The number of benzene rings is 1. The predicted octanol–water partition coefficient (Wildman–Crippen LogP) is 3.29. The normalized spacial score (nSPS) is 20.3. The number of hydrogen-bond donors (Lipinski definition) is 1. The molecule has 1 heterocycles. The molecule has 19 heavy (non-hydrogen) atoms. The smallest absolute Gasteiger partial charge is 0.238 e. The molecule has 0 aromatic heterocycles. The van der Waals surface area contributed by atoms with Crippen LogP contribution in [-0.4, -0.2) is 29.9 Å². The van der Waals surface area contributed by atoms with Crippen molar-refractivity contribution in [2.45, 2.75) is 32.2 Å². The number of rotatable bonds is 3. The third kappa shape index (κ3) is 3.91. The van der Waals surface area contributed by atoms with E-state index >= 15 is 0 Å². The second-order valence-electron chi connectivity index (χ2n) is 4.99. The Morgan fingerprint density at radius 2 is 2.32 bits per heavy atom. The molecule has 104 valence electrons. The van der Waals surface area contributed by atoms with Crippen LogP contribution in [0.25, 0.3) is 0 Å². The van der Waals surface area contributed by atoms with Crippen LogP contribution in [0.4, 0.5) is 10.1 Å². The molecule has 3 nitrogen and oxygen atoms in total. The first-order valence-corrected chi connectivity index (χ1v) is 6.93. The van der Waals surface area contributed by atoms with Crippen molar-refractivity contribution in [2.24, 2.45) is 0 Å². The highest BCUT2D eigenvalue weighted by Crippen LogP contribution is 2.20. The SMILES string of the molecule is CC1CCCCN1CC(=O)Nc1cc(Cl)ccc1F. The summed E-state index contributed by atoms with van der Waals surface area (Å²) >= 11 is 5.79. The number of carbonyl (C=O) groups is 1. The van der Waals surface area contributed by atoms with Gasteiger partial charge in [-0.25, -0.2) is 4.39 Å². The number of nitrogens with one attached hydrogen (secondary N) is 1. The molecular formula is C14H18ClFN2O. The summed E-state index contributed by atoms with van der Waals surface area (Å²) in [6.45, 7) is 3.34. The molecule has 1 aliphatic rings. The highest BCUT2D eigenvalue weighted by atomic mass is 35.5. The maximum atomic E-state index is 13.5. The highest BCUT2D eigenvalue weighted by Gasteiger charge is 2.20. The van der Waals surface area contributed by atoms with Crippen molar-refractivity contribution >= 4 is 23.2 Å². The third-order valence-electron chi connectivity index (χ3n) is 3.49. The maximum absolute atomic E-state index is 13.5. The van der Waals surface area contributed by atoms with Gasteiger partial charge in [-0.1, -0.05) is 18.0 Å². The topological polar surface area (TPSA) is 32.3 Å². The Morgan fingerprint density at radius 1 is 1.53 bits per heavy atom. The summed E-state index contributed by atoms with van der Waals surface area (Å²) in [6, 6.07) is 4.54. The van der Waals surface area contributed by atoms with Crippen molar-refractivity contribution in [1.29, 1.82) is 0 Å². The summed E-state index contributed by atoms with van der Waals surface area (Å²) in [5.41, 5.74) is 0.141. The van der Waals surface area contributed by atoms with Gasteiger partial charge in [0, 0.05) is 11.1 Å². The van der Waals surface area contributed by atoms with Gasteiger partial charge in [-0.2, -0.15) is 0 Å². The molecule has 1 amide bonds. The minimum atomic E-state index is -0.468. The number of anilines is 1. The molecule has 1 aromatic rings. The number of carbonyl (C=O) groups excluding carboxylic acids is 1. The Labute approximate surface area is 117 Å². The summed E-state index contributed by atoms with van der Waals surface area (Å²) in [5, 5.41) is 2.98. The van der Waals surface area contributed by atoms with E-state index in [4.69, 9.17) is 11.6 Å². The first kappa shape index (κ1) is 14.3. The maximum Gasteiger partial charge on any atom is 0.238 e. The Hall–Kier alpha value is -1.13. The fraction of sp³-hybridized carbons (Fsp3) is 0.500. The second-order valence-corrected chi connectivity index (χ2v) is 5.42. The van der Waals surface area contributed by atoms with Crippen LogP contribution in [0.2, 0.25) is 5.02 Å². The van der Waals surface area contributed by atoms with Crippen LogP contribution < -0.4 is 5.32 Å². The van der Waals surface area contributed by atoms with Gasteiger partial charge in [0.05, 0.1) is 12.2 Å². The van der Waals surface area contributed by atoms with Crippen LogP contribution in [0.5, 0.6) is 0 Å². The van der Waals surface area contributed by atoms with Gasteiger partial charge in [-0.15, -0.1) is 0 Å². The quantitative estimate of drug-likeness (QED) is 0.924. The van der Waals surface area contributed by atoms with Crippen LogP contribution in [0.15, 0.2) is 18.2 Å². The summed E-state index contributed by atoms with van der Waals surface area (Å²) in [6.07, 6.45) is 3.43. The molecule has 0 bridgehead atoms. The lowest BCUT2D eigenvalue weighted by atomic mass is 10.0. The van der Waals surface area contributed by atoms with Crippen molar-refractivity contribution in [3.63, 3.8) is 0 Å². The lowest BCUT2D eigenvalue weighted by Gasteiger charge is -2.32. The van der Waals surface area contributed by atoms with Crippen LogP contribution in [-0.2, 0) is 4.79 Å². The first-order valence-electron chi connectivity index (χ1n) is 6.55. The van der Waals surface area contributed by atoms with Gasteiger partial charge in [-0.05, 0) is 44.5 Å². The molecule has 1 unspecified atom stereocenters. The molecule has 1 atom stereocenters. The predicted molar refractivity (Wildman–Crippen MR) is 74.9 cm³/mol. The van der Waals surface area contributed by atoms with Gasteiger partial charge in [-0.3, -0.25) is 9.69 Å². The van der Waals surface area contributed by atoms with Crippen molar-refractivity contribution < 1.29 is 9.18 Å². The Bertz CT molecular complexity index is 467. The fourth-order valence-electron chi connectivity index (χ4n) is 2.36. The molecule has 1 saturated heterocycles. The molecule has 1 N–H and O–H groups in total. The number of hydrogen-bond acceptors (Lipinski definition) is 2. The summed E-state index contributed by atoms with van der Waals surface area (Å²) in [5.74, 6) is -0.667. The van der Waals surface area contributed by atoms with E-state index in [2.05, 4.69) is 17.1 Å². The van der Waals surface area contributed by atoms with Gasteiger partial charge in [0.2, 0.25) is 5.91 Å². The molecule has 1 aliphatic heterocycles. The van der Waals surface area contributed by atoms with Gasteiger partial charge >= 0.3 is 0 Å². The second kappa shape index (κ2) is 6.35. The minimum absolute atomic E-state index is 0.141. The monoisotopic (exact) mass is 284 g/mol. The van der Waals surface area contributed by atoms with E-state index in [-0.39, 0.29) is 11.6 Å². The zero-order valence-electron chi connectivity index (χ0n) is 11.0. The van der Waals surface area contributed by atoms with E-state index in [0.717, 1.165) is 19.4 Å². The lowest BCUT2D eigenvalue weighted by molar-refractivity contribution is -0.118. The number of halogens is 2. The molecule has 0 saturated carbocycles. The summed E-state index contributed by atoms with van der Waals surface area (Å²) < 4.78 is 13.5. The molecular weight excluding hydrogens is 267 g/mol. The largest absolute Gasteiger partial charge is 0.322 e. The minimum Gasteiger partial charge on any atom is -0.322 e. The number of amides is 1. The highest BCUT2D eigenvalue weighted by molar-refractivity contribution is 6.30. The van der Waals surface area contributed by atoms with Gasteiger partial charge in [0.25, 0.3) is 0 Å². The molecule has 1 aromatic carbocycles. The van der Waals surface area contributed by atoms with Crippen molar-refractivity contribution in [1.82, 2.24) is 4.90 Å². The van der Waals surface area contributed by atoms with Crippen LogP contribution >= 0.6 is 11.6 Å². The van der Waals surface area contributed by atoms with Crippen LogP contribution in [0.1, 0.15) is 26.2 Å². The molecule has 0 spiro atoms. The molecule has 0 radical (unpaired) electrons. The molecule has 1 fully saturated rings. The van der Waals surface area contributed by atoms with Crippen molar-refractivity contribution in [3.05, 3.63) is 29.0 Å². The standard InChI is InChI=1S/C14H18ClFN2O/c1-10-4-2-3-7-18(10)9-14(19)17-13-8-11(15)5-6-12(13)16/h5-6,8,10H,2-4,7,9H2,1H3,(H,17,19). The molecule has 0 aliphatic carbocycles. The van der Waals surface area contributed by atoms with E-state index in [1.54, 1.807) is 0 Å². The zero-order valence-corrected chi connectivity index (χ0v) is 11.7. The Balaban J connectivity index is 1.95. The summed E-state index contributed by atoms with van der Waals surface area (Å²) in [7, 11) is 0. The number of nitrogens with zero attached hydrogens (tertiary/aromatic N) is 1. The van der Waals surface area contributed by atoms with Crippen LogP contribution in [0, 0.1) is 5.82 Å². The van der Waals surface area contributed by atoms with Gasteiger partial charge in [0.15, 0.2) is 0 Å². The Morgan fingerprint density at radius 3 is 3.05 bits per heavy atom. The zero-order chi connectivity index (χ0) is 13.8. The molecule has 5 heteroatoms. The number of likely N-dealkylation sites (tertiary alicyclic amines) is 1. The van der Waals surface area contributed by atoms with E-state index in [1.807, 2.05) is 0 Å². The summed E-state index contributed by atoms with van der Waals surface area (Å²) in [4.78, 5) is 14.1. The molecule has 2 rings (SSSR count).